The van der Waals surface area contributed by atoms with E-state index in [4.69, 9.17) is 4.74 Å². The number of hydrogen-bond donors (Lipinski definition) is 0. The molecule has 21 heavy (non-hydrogen) atoms. The summed E-state index contributed by atoms with van der Waals surface area (Å²) in [4.78, 5) is 2.46. The fourth-order valence-electron chi connectivity index (χ4n) is 2.33. The average Bonchev–Trinajstić information content (AvgIpc) is 3.35. The van der Waals surface area contributed by atoms with Crippen molar-refractivity contribution in [1.82, 2.24) is 4.90 Å². The van der Waals surface area contributed by atoms with E-state index in [0.29, 0.717) is 6.10 Å². The molecule has 0 aromatic heterocycles. The lowest BCUT2D eigenvalue weighted by Crippen LogP contribution is -2.27. The third-order valence-electron chi connectivity index (χ3n) is 3.36. The van der Waals surface area contributed by atoms with Crippen LogP contribution in [0.2, 0.25) is 0 Å². The van der Waals surface area contributed by atoms with Crippen molar-refractivity contribution < 1.29 is 4.74 Å². The molecule has 1 saturated heterocycles. The van der Waals surface area contributed by atoms with Crippen LogP contribution in [0.25, 0.3) is 0 Å². The minimum absolute atomic E-state index is 0.437. The molecule has 1 atom stereocenters. The highest BCUT2D eigenvalue weighted by molar-refractivity contribution is 5.17. The molecule has 2 nitrogen and oxygen atoms in total. The van der Waals surface area contributed by atoms with Crippen molar-refractivity contribution >= 4 is 0 Å². The zero-order valence-electron chi connectivity index (χ0n) is 13.0. The molecule has 1 aliphatic heterocycles. The van der Waals surface area contributed by atoms with Crippen molar-refractivity contribution in [2.45, 2.75) is 33.0 Å². The van der Waals surface area contributed by atoms with E-state index in [1.165, 1.54) is 11.1 Å². The van der Waals surface area contributed by atoms with Crippen LogP contribution in [-0.4, -0.2) is 24.2 Å². The molecule has 0 spiro atoms. The molecule has 0 saturated carbocycles. The smallest absolute Gasteiger partial charge is 0.0936 e. The van der Waals surface area contributed by atoms with Gasteiger partial charge in [0.15, 0.2) is 0 Å². The van der Waals surface area contributed by atoms with Gasteiger partial charge in [-0.2, -0.15) is 0 Å². The van der Waals surface area contributed by atoms with Gasteiger partial charge in [-0.15, -0.1) is 0 Å². The quantitative estimate of drug-likeness (QED) is 0.741. The predicted octanol–water partition coefficient (Wildman–Crippen LogP) is 4.11. The molecule has 112 valence electrons. The molecular formula is C19H25NO. The summed E-state index contributed by atoms with van der Waals surface area (Å²) in [5, 5.41) is 0. The van der Waals surface area contributed by atoms with E-state index >= 15 is 0 Å². The fraction of sp³-hybridized carbons (Fsp3) is 0.368. The van der Waals surface area contributed by atoms with E-state index < -0.39 is 0 Å². The summed E-state index contributed by atoms with van der Waals surface area (Å²) in [6.07, 6.45) is 0.437. The first-order valence-corrected chi connectivity index (χ1v) is 7.82. The Hall–Kier alpha value is -1.64. The van der Waals surface area contributed by atoms with Gasteiger partial charge in [-0.1, -0.05) is 74.5 Å². The first-order valence-electron chi connectivity index (χ1n) is 7.82. The molecule has 0 bridgehead atoms. The van der Waals surface area contributed by atoms with E-state index in [1.54, 1.807) is 0 Å². The predicted molar refractivity (Wildman–Crippen MR) is 88.1 cm³/mol. The van der Waals surface area contributed by atoms with Gasteiger partial charge in [0.2, 0.25) is 0 Å². The van der Waals surface area contributed by atoms with Gasteiger partial charge >= 0.3 is 0 Å². The topological polar surface area (TPSA) is 15.8 Å². The Bertz CT molecular complexity index is 452. The Morgan fingerprint density at radius 3 is 1.67 bits per heavy atom. The lowest BCUT2D eigenvalue weighted by molar-refractivity contribution is 0.227. The van der Waals surface area contributed by atoms with Crippen LogP contribution >= 0.6 is 0 Å². The molecule has 2 aromatic carbocycles. The Balaban J connectivity index is 0.000000774. The first-order chi connectivity index (χ1) is 10.4. The number of benzene rings is 2. The van der Waals surface area contributed by atoms with Crippen LogP contribution in [-0.2, 0) is 17.8 Å². The molecule has 3 rings (SSSR count). The van der Waals surface area contributed by atoms with Crippen LogP contribution in [0, 0.1) is 0 Å². The fourth-order valence-corrected chi connectivity index (χ4v) is 2.33. The molecule has 2 aromatic rings. The van der Waals surface area contributed by atoms with E-state index in [0.717, 1.165) is 26.2 Å². The monoisotopic (exact) mass is 283 g/mol. The van der Waals surface area contributed by atoms with Gasteiger partial charge < -0.3 is 4.74 Å². The number of hydrogen-bond acceptors (Lipinski definition) is 2. The molecule has 2 heteroatoms. The summed E-state index contributed by atoms with van der Waals surface area (Å²) in [7, 11) is 0. The second-order valence-electron chi connectivity index (χ2n) is 5.10. The number of rotatable bonds is 6. The van der Waals surface area contributed by atoms with Crippen LogP contribution in [0.3, 0.4) is 0 Å². The standard InChI is InChI=1S/C17H19NO.C2H6/c1-3-7-15(8-4-1)11-18(13-17-14-19-17)12-16-9-5-2-6-10-16;1-2/h1-10,17H,11-14H2;1-2H3. The summed E-state index contributed by atoms with van der Waals surface area (Å²) < 4.78 is 5.37. The first kappa shape index (κ1) is 15.7. The number of epoxide rings is 1. The number of nitrogens with zero attached hydrogens (tertiary/aromatic N) is 1. The number of ether oxygens (including phenoxy) is 1. The van der Waals surface area contributed by atoms with Crippen LogP contribution in [0.15, 0.2) is 60.7 Å². The maximum atomic E-state index is 5.37. The lowest BCUT2D eigenvalue weighted by Gasteiger charge is -2.21. The maximum absolute atomic E-state index is 5.37. The zero-order chi connectivity index (χ0) is 14.9. The normalized spacial score (nSPS) is 16.2. The Morgan fingerprint density at radius 1 is 0.857 bits per heavy atom. The molecule has 1 heterocycles. The third kappa shape index (κ3) is 5.70. The molecule has 0 aliphatic carbocycles. The van der Waals surface area contributed by atoms with Crippen LogP contribution < -0.4 is 0 Å². The van der Waals surface area contributed by atoms with E-state index in [9.17, 15) is 0 Å². The lowest BCUT2D eigenvalue weighted by atomic mass is 10.1. The SMILES string of the molecule is CC.c1ccc(CN(Cc2ccccc2)CC2CO2)cc1. The Labute approximate surface area is 128 Å². The van der Waals surface area contributed by atoms with Gasteiger partial charge in [-0.05, 0) is 11.1 Å². The highest BCUT2D eigenvalue weighted by Crippen LogP contribution is 2.16. The summed E-state index contributed by atoms with van der Waals surface area (Å²) in [5.74, 6) is 0. The van der Waals surface area contributed by atoms with Crippen molar-refractivity contribution in [1.29, 1.82) is 0 Å². The molecule has 1 unspecified atom stereocenters. The van der Waals surface area contributed by atoms with Gasteiger partial charge in [-0.3, -0.25) is 4.90 Å². The minimum atomic E-state index is 0.437. The van der Waals surface area contributed by atoms with Gasteiger partial charge in [0.1, 0.15) is 0 Å². The second kappa shape index (κ2) is 8.60. The van der Waals surface area contributed by atoms with Crippen molar-refractivity contribution in [3.8, 4) is 0 Å². The molecule has 0 N–H and O–H groups in total. The second-order valence-corrected chi connectivity index (χ2v) is 5.10. The molecule has 1 fully saturated rings. The van der Waals surface area contributed by atoms with Crippen LogP contribution in [0.5, 0.6) is 0 Å². The van der Waals surface area contributed by atoms with E-state index in [1.807, 2.05) is 13.8 Å². The van der Waals surface area contributed by atoms with Crippen molar-refractivity contribution in [3.63, 3.8) is 0 Å². The van der Waals surface area contributed by atoms with Gasteiger partial charge in [-0.25, -0.2) is 0 Å². The van der Waals surface area contributed by atoms with E-state index in [2.05, 4.69) is 65.6 Å². The minimum Gasteiger partial charge on any atom is -0.372 e. The van der Waals surface area contributed by atoms with Crippen LogP contribution in [0.4, 0.5) is 0 Å². The Kier molecular flexibility index (Phi) is 6.45. The van der Waals surface area contributed by atoms with Crippen molar-refractivity contribution in [3.05, 3.63) is 71.8 Å². The largest absolute Gasteiger partial charge is 0.372 e. The van der Waals surface area contributed by atoms with Crippen LogP contribution in [0.1, 0.15) is 25.0 Å². The third-order valence-corrected chi connectivity index (χ3v) is 3.36. The maximum Gasteiger partial charge on any atom is 0.0936 e. The average molecular weight is 283 g/mol. The Morgan fingerprint density at radius 2 is 1.29 bits per heavy atom. The van der Waals surface area contributed by atoms with Crippen molar-refractivity contribution in [2.75, 3.05) is 13.2 Å². The van der Waals surface area contributed by atoms with Gasteiger partial charge in [0.25, 0.3) is 0 Å². The van der Waals surface area contributed by atoms with Gasteiger partial charge in [0, 0.05) is 19.6 Å². The zero-order valence-corrected chi connectivity index (χ0v) is 13.0. The highest BCUT2D eigenvalue weighted by atomic mass is 16.6. The molecule has 0 amide bonds. The van der Waals surface area contributed by atoms with Gasteiger partial charge in [0.05, 0.1) is 12.7 Å². The molecule has 1 aliphatic rings. The summed E-state index contributed by atoms with van der Waals surface area (Å²) in [6, 6.07) is 21.3. The molecule has 0 radical (unpaired) electrons. The summed E-state index contributed by atoms with van der Waals surface area (Å²) >= 11 is 0. The summed E-state index contributed by atoms with van der Waals surface area (Å²) in [5.41, 5.74) is 2.72. The highest BCUT2D eigenvalue weighted by Gasteiger charge is 2.25. The summed E-state index contributed by atoms with van der Waals surface area (Å²) in [6.45, 7) is 7.90. The molecular weight excluding hydrogens is 258 g/mol. The van der Waals surface area contributed by atoms with E-state index in [-0.39, 0.29) is 0 Å². The van der Waals surface area contributed by atoms with Crippen molar-refractivity contribution in [2.24, 2.45) is 0 Å².